The summed E-state index contributed by atoms with van der Waals surface area (Å²) >= 11 is 0. The van der Waals surface area contributed by atoms with E-state index in [9.17, 15) is 13.2 Å². The summed E-state index contributed by atoms with van der Waals surface area (Å²) in [5.74, 6) is 1.13. The quantitative estimate of drug-likeness (QED) is 0.197. The van der Waals surface area contributed by atoms with Gasteiger partial charge >= 0.3 is 6.18 Å². The van der Waals surface area contributed by atoms with Crippen LogP contribution in [0.5, 0.6) is 23.1 Å². The van der Waals surface area contributed by atoms with E-state index >= 15 is 0 Å². The maximum absolute atomic E-state index is 13.9. The van der Waals surface area contributed by atoms with E-state index in [1.54, 1.807) is 20.8 Å². The first kappa shape index (κ1) is 32.7. The van der Waals surface area contributed by atoms with Crippen molar-refractivity contribution in [1.82, 2.24) is 10.3 Å². The van der Waals surface area contributed by atoms with Crippen LogP contribution in [-0.4, -0.2) is 44.4 Å². The molecule has 0 fully saturated rings. The molecule has 238 valence electrons. The van der Waals surface area contributed by atoms with Gasteiger partial charge in [0, 0.05) is 29.8 Å². The molecule has 0 aliphatic carbocycles. The smallest absolute Gasteiger partial charge is 0.416 e. The average Bonchev–Trinajstić information content (AvgIpc) is 2.93. The van der Waals surface area contributed by atoms with Gasteiger partial charge in [-0.05, 0) is 98.0 Å². The normalized spacial score (nSPS) is 14.0. The highest BCUT2D eigenvalue weighted by atomic mass is 19.4. The number of aryl methyl sites for hydroxylation is 2. The molecule has 0 saturated heterocycles. The zero-order valence-corrected chi connectivity index (χ0v) is 27.5. The Hall–Kier alpha value is -3.20. The van der Waals surface area contributed by atoms with Crippen molar-refractivity contribution < 1.29 is 28.8 Å². The Morgan fingerprint density at radius 1 is 1.09 bits per heavy atom. The van der Waals surface area contributed by atoms with E-state index in [-0.39, 0.29) is 16.9 Å². The first-order valence-corrected chi connectivity index (χ1v) is 14.9. The Kier molecular flexibility index (Phi) is 10.4. The van der Waals surface area contributed by atoms with Gasteiger partial charge in [0.2, 0.25) is 5.88 Å². The number of hydrogen-bond donors (Lipinski definition) is 1. The van der Waals surface area contributed by atoms with Crippen molar-refractivity contribution in [2.45, 2.75) is 98.9 Å². The molecule has 1 atom stereocenters. The van der Waals surface area contributed by atoms with Crippen LogP contribution in [0.15, 0.2) is 18.2 Å². The number of rotatable bonds is 13. The number of nitrogens with one attached hydrogen (secondary N) is 1. The lowest BCUT2D eigenvalue weighted by Gasteiger charge is -2.41. The minimum absolute atomic E-state index is 0.00405. The second kappa shape index (κ2) is 13.6. The first-order chi connectivity index (χ1) is 20.4. The molecule has 1 N–H and O–H groups in total. The molecular weight excluding hydrogens is 555 g/mol. The Morgan fingerprint density at radius 3 is 2.30 bits per heavy atom. The van der Waals surface area contributed by atoms with Crippen molar-refractivity contribution in [3.63, 3.8) is 0 Å². The van der Waals surface area contributed by atoms with Crippen LogP contribution in [0.2, 0.25) is 0 Å². The van der Waals surface area contributed by atoms with Crippen molar-refractivity contribution in [1.29, 1.82) is 0 Å². The lowest BCUT2D eigenvalue weighted by molar-refractivity contribution is -0.138. The molecule has 0 spiro atoms. The van der Waals surface area contributed by atoms with Crippen molar-refractivity contribution in [2.24, 2.45) is 0 Å². The third-order valence-corrected chi connectivity index (χ3v) is 8.55. The summed E-state index contributed by atoms with van der Waals surface area (Å²) in [6.45, 7) is 15.6. The van der Waals surface area contributed by atoms with E-state index in [0.717, 1.165) is 48.7 Å². The number of pyridine rings is 1. The highest BCUT2D eigenvalue weighted by Gasteiger charge is 2.35. The van der Waals surface area contributed by atoms with E-state index < -0.39 is 17.8 Å². The summed E-state index contributed by atoms with van der Waals surface area (Å²) in [5.41, 5.74) is 2.49. The number of methoxy groups -OCH3 is 1. The summed E-state index contributed by atoms with van der Waals surface area (Å²) in [7, 11) is 5.49. The van der Waals surface area contributed by atoms with Gasteiger partial charge in [0.25, 0.3) is 0 Å². The molecule has 1 heterocycles. The number of nitrogens with zero attached hydrogens (tertiary/aromatic N) is 2. The molecule has 3 aromatic rings. The molecule has 6 nitrogen and oxygen atoms in total. The molecule has 1 unspecified atom stereocenters. The summed E-state index contributed by atoms with van der Waals surface area (Å²) in [6, 6.07) is 4.35. The van der Waals surface area contributed by atoms with Crippen molar-refractivity contribution in [3.8, 4) is 23.1 Å². The van der Waals surface area contributed by atoms with Gasteiger partial charge in [0.05, 0.1) is 31.2 Å². The highest BCUT2D eigenvalue weighted by Crippen LogP contribution is 2.49. The predicted molar refractivity (Wildman–Crippen MR) is 169 cm³/mol. The lowest BCUT2D eigenvalue weighted by atomic mass is 9.89. The largest absolute Gasteiger partial charge is 0.493 e. The zero-order valence-electron chi connectivity index (χ0n) is 28.5. The number of ether oxygens (including phenoxy) is 3. The number of anilines is 1. The molecule has 0 aliphatic rings. The minimum atomic E-state index is -4.53. The van der Waals surface area contributed by atoms with Gasteiger partial charge in [-0.3, -0.25) is 0 Å². The molecular formula is C34H48F3N3O3. The fourth-order valence-corrected chi connectivity index (χ4v) is 5.67. The van der Waals surface area contributed by atoms with Gasteiger partial charge in [-0.2, -0.15) is 13.2 Å². The molecule has 0 saturated carbocycles. The summed E-state index contributed by atoms with van der Waals surface area (Å²) < 4.78 is 68.6. The van der Waals surface area contributed by atoms with E-state index in [0.29, 0.717) is 40.3 Å². The molecule has 43 heavy (non-hydrogen) atoms. The van der Waals surface area contributed by atoms with Crippen LogP contribution in [0.3, 0.4) is 0 Å². The summed E-state index contributed by atoms with van der Waals surface area (Å²) in [4.78, 5) is 7.21. The first-order valence-electron chi connectivity index (χ1n) is 15.4. The lowest BCUT2D eigenvalue weighted by Crippen LogP contribution is -2.44. The fraction of sp³-hybridized carbons (Fsp3) is 0.559. The summed E-state index contributed by atoms with van der Waals surface area (Å²) in [5, 5.41) is 3.87. The van der Waals surface area contributed by atoms with E-state index in [2.05, 4.69) is 24.1 Å². The number of hydrogen-bond acceptors (Lipinski definition) is 6. The van der Waals surface area contributed by atoms with Crippen LogP contribution >= 0.6 is 0 Å². The van der Waals surface area contributed by atoms with Crippen molar-refractivity contribution >= 4 is 16.6 Å². The molecule has 0 bridgehead atoms. The van der Waals surface area contributed by atoms with Crippen LogP contribution in [0.1, 0.15) is 83.1 Å². The second-order valence-corrected chi connectivity index (χ2v) is 11.6. The van der Waals surface area contributed by atoms with E-state index in [4.69, 9.17) is 20.6 Å². The van der Waals surface area contributed by atoms with Crippen LogP contribution < -0.4 is 24.4 Å². The topological polar surface area (TPSA) is 55.9 Å². The standard InChI is InChI=1S/C34H48F3N3O3/c1-12-24-22(6)32(42-20(3)4)39-29-26(40(10)33(8,13-2)17-14-18-38-9)19-27(41-11)31(28(24)29)43-30-21(5)15-16-25(23(30)7)34(35,36)37/h15-16,19-20,38H,12-14,17-18H2,1-11H3/i20D. The Balaban J connectivity index is 2.46. The van der Waals surface area contributed by atoms with Gasteiger partial charge in [-0.1, -0.05) is 19.9 Å². The van der Waals surface area contributed by atoms with Gasteiger partial charge in [0.1, 0.15) is 11.3 Å². The predicted octanol–water partition coefficient (Wildman–Crippen LogP) is 8.93. The number of benzene rings is 2. The third-order valence-electron chi connectivity index (χ3n) is 8.55. The zero-order chi connectivity index (χ0) is 33.2. The van der Waals surface area contributed by atoms with Gasteiger partial charge in [-0.15, -0.1) is 0 Å². The summed E-state index contributed by atoms with van der Waals surface area (Å²) in [6.07, 6.45) is -2.50. The molecule has 9 heteroatoms. The van der Waals surface area contributed by atoms with Gasteiger partial charge in [0.15, 0.2) is 11.5 Å². The van der Waals surface area contributed by atoms with Crippen molar-refractivity contribution in [3.05, 3.63) is 46.0 Å². The number of halogens is 3. The molecule has 0 radical (unpaired) electrons. The molecule has 2 aromatic carbocycles. The highest BCUT2D eigenvalue weighted by molar-refractivity contribution is 6.01. The number of aromatic nitrogens is 1. The third kappa shape index (κ3) is 6.97. The van der Waals surface area contributed by atoms with E-state index in [1.165, 1.54) is 20.1 Å². The SMILES string of the molecule is [2H]C(C)(C)Oc1nc2c(N(C)C(C)(CC)CCCNC)cc(OC)c(Oc3c(C)ccc(C(F)(F)F)c3C)c2c(CC)c1C. The van der Waals surface area contributed by atoms with Crippen LogP contribution in [0.25, 0.3) is 10.9 Å². The molecule has 1 aromatic heterocycles. The number of fused-ring (bicyclic) bond motifs is 1. The van der Waals surface area contributed by atoms with E-state index in [1.807, 2.05) is 34.0 Å². The maximum atomic E-state index is 13.9. The van der Waals surface area contributed by atoms with Crippen LogP contribution in [-0.2, 0) is 12.6 Å². The fourth-order valence-electron chi connectivity index (χ4n) is 5.67. The monoisotopic (exact) mass is 604 g/mol. The Bertz CT molecular complexity index is 1490. The van der Waals surface area contributed by atoms with Crippen LogP contribution in [0, 0.1) is 20.8 Å². The number of alkyl halides is 3. The second-order valence-electron chi connectivity index (χ2n) is 11.6. The van der Waals surface area contributed by atoms with Crippen LogP contribution in [0.4, 0.5) is 18.9 Å². The maximum Gasteiger partial charge on any atom is 0.416 e. The Morgan fingerprint density at radius 2 is 1.77 bits per heavy atom. The van der Waals surface area contributed by atoms with Gasteiger partial charge in [-0.25, -0.2) is 4.98 Å². The van der Waals surface area contributed by atoms with Gasteiger partial charge < -0.3 is 24.4 Å². The Labute approximate surface area is 256 Å². The molecule has 3 rings (SSSR count). The average molecular weight is 605 g/mol. The minimum Gasteiger partial charge on any atom is -0.493 e. The van der Waals surface area contributed by atoms with Crippen molar-refractivity contribution in [2.75, 3.05) is 32.6 Å². The molecule has 0 amide bonds. The molecule has 0 aliphatic heterocycles.